The molecule has 3 rings (SSSR count). The van der Waals surface area contributed by atoms with Gasteiger partial charge in [0.1, 0.15) is 5.75 Å². The fourth-order valence-corrected chi connectivity index (χ4v) is 3.44. The maximum atomic E-state index is 12.3. The SMILES string of the molecule is CN(CC(=O)Nc1ccc(OC(F)F)cc1)[C@H]1CCCc2ccccc21. The van der Waals surface area contributed by atoms with Gasteiger partial charge in [-0.3, -0.25) is 9.69 Å². The number of halogens is 2. The molecular weight excluding hydrogens is 338 g/mol. The zero-order valence-electron chi connectivity index (χ0n) is 14.6. The summed E-state index contributed by atoms with van der Waals surface area (Å²) < 4.78 is 28.6. The van der Waals surface area contributed by atoms with Gasteiger partial charge in [0.15, 0.2) is 0 Å². The Balaban J connectivity index is 1.58. The van der Waals surface area contributed by atoms with Crippen LogP contribution in [0.25, 0.3) is 0 Å². The fourth-order valence-electron chi connectivity index (χ4n) is 3.44. The molecule has 0 aliphatic heterocycles. The molecule has 0 saturated carbocycles. The van der Waals surface area contributed by atoms with E-state index >= 15 is 0 Å². The summed E-state index contributed by atoms with van der Waals surface area (Å²) in [6.07, 6.45) is 3.22. The number of aryl methyl sites for hydroxylation is 1. The highest BCUT2D eigenvalue weighted by atomic mass is 19.3. The van der Waals surface area contributed by atoms with Gasteiger partial charge in [-0.15, -0.1) is 0 Å². The molecule has 4 nitrogen and oxygen atoms in total. The molecule has 2 aromatic carbocycles. The van der Waals surface area contributed by atoms with Gasteiger partial charge in [0.05, 0.1) is 6.54 Å². The number of fused-ring (bicyclic) bond motifs is 1. The minimum atomic E-state index is -2.86. The highest BCUT2D eigenvalue weighted by molar-refractivity contribution is 5.92. The van der Waals surface area contributed by atoms with Crippen molar-refractivity contribution in [3.8, 4) is 5.75 Å². The van der Waals surface area contributed by atoms with E-state index in [1.54, 1.807) is 12.1 Å². The number of benzene rings is 2. The Bertz CT molecular complexity index is 750. The molecule has 138 valence electrons. The third kappa shape index (κ3) is 4.58. The van der Waals surface area contributed by atoms with E-state index < -0.39 is 6.61 Å². The Kier molecular flexibility index (Phi) is 5.83. The second kappa shape index (κ2) is 8.27. The lowest BCUT2D eigenvalue weighted by atomic mass is 9.87. The van der Waals surface area contributed by atoms with Crippen LogP contribution in [-0.2, 0) is 11.2 Å². The van der Waals surface area contributed by atoms with Crippen LogP contribution in [0.4, 0.5) is 14.5 Å². The lowest BCUT2D eigenvalue weighted by Gasteiger charge is -2.32. The number of nitrogens with one attached hydrogen (secondary N) is 1. The maximum Gasteiger partial charge on any atom is 0.387 e. The number of carbonyl (C=O) groups excluding carboxylic acids is 1. The van der Waals surface area contributed by atoms with E-state index in [2.05, 4.69) is 33.2 Å². The zero-order chi connectivity index (χ0) is 18.5. The Morgan fingerprint density at radius 1 is 1.23 bits per heavy atom. The molecule has 0 bridgehead atoms. The van der Waals surface area contributed by atoms with Gasteiger partial charge < -0.3 is 10.1 Å². The van der Waals surface area contributed by atoms with E-state index in [0.717, 1.165) is 19.3 Å². The van der Waals surface area contributed by atoms with Gasteiger partial charge in [-0.2, -0.15) is 8.78 Å². The number of likely N-dealkylation sites (N-methyl/N-ethyl adjacent to an activating group) is 1. The Morgan fingerprint density at radius 2 is 1.96 bits per heavy atom. The molecule has 1 aliphatic rings. The van der Waals surface area contributed by atoms with Gasteiger partial charge in [0.25, 0.3) is 0 Å². The number of nitrogens with zero attached hydrogens (tertiary/aromatic N) is 1. The standard InChI is InChI=1S/C20H22F2N2O2/c1-24(18-8-4-6-14-5-2-3-7-17(14)18)13-19(25)23-15-9-11-16(12-10-15)26-20(21)22/h2-3,5,7,9-12,18,20H,4,6,8,13H2,1H3,(H,23,25)/t18-/m0/s1. The summed E-state index contributed by atoms with van der Waals surface area (Å²) in [7, 11) is 1.95. The Hall–Kier alpha value is -2.47. The molecular formula is C20H22F2N2O2. The normalized spacial score (nSPS) is 16.4. The van der Waals surface area contributed by atoms with E-state index in [9.17, 15) is 13.6 Å². The predicted octanol–water partition coefficient (Wildman–Crippen LogP) is 4.24. The lowest BCUT2D eigenvalue weighted by molar-refractivity contribution is -0.117. The summed E-state index contributed by atoms with van der Waals surface area (Å²) in [5.74, 6) is -0.0768. The summed E-state index contributed by atoms with van der Waals surface area (Å²) >= 11 is 0. The van der Waals surface area contributed by atoms with Crippen molar-refractivity contribution < 1.29 is 18.3 Å². The van der Waals surface area contributed by atoms with Crippen LogP contribution in [0.1, 0.15) is 30.0 Å². The monoisotopic (exact) mass is 360 g/mol. The first kappa shape index (κ1) is 18.3. The molecule has 1 amide bonds. The molecule has 0 fully saturated rings. The van der Waals surface area contributed by atoms with Crippen LogP contribution in [0.2, 0.25) is 0 Å². The molecule has 0 aromatic heterocycles. The maximum absolute atomic E-state index is 12.3. The van der Waals surface area contributed by atoms with E-state index in [0.29, 0.717) is 5.69 Å². The van der Waals surface area contributed by atoms with Crippen molar-refractivity contribution in [2.75, 3.05) is 18.9 Å². The minimum Gasteiger partial charge on any atom is -0.435 e. The predicted molar refractivity (Wildman–Crippen MR) is 96.5 cm³/mol. The zero-order valence-corrected chi connectivity index (χ0v) is 14.6. The first-order chi connectivity index (χ1) is 12.5. The summed E-state index contributed by atoms with van der Waals surface area (Å²) in [6, 6.07) is 14.5. The smallest absolute Gasteiger partial charge is 0.387 e. The van der Waals surface area contributed by atoms with Gasteiger partial charge in [-0.05, 0) is 61.7 Å². The van der Waals surface area contributed by atoms with E-state index in [1.807, 2.05) is 13.1 Å². The lowest BCUT2D eigenvalue weighted by Crippen LogP contribution is -2.34. The number of rotatable bonds is 6. The van der Waals surface area contributed by atoms with Crippen LogP contribution in [0, 0.1) is 0 Å². The van der Waals surface area contributed by atoms with Gasteiger partial charge in [0.2, 0.25) is 5.91 Å². The van der Waals surface area contributed by atoms with Gasteiger partial charge in [-0.25, -0.2) is 0 Å². The van der Waals surface area contributed by atoms with Crippen LogP contribution in [-0.4, -0.2) is 31.0 Å². The third-order valence-electron chi connectivity index (χ3n) is 4.63. The Labute approximate surface area is 151 Å². The van der Waals surface area contributed by atoms with Crippen LogP contribution >= 0.6 is 0 Å². The molecule has 2 aromatic rings. The van der Waals surface area contributed by atoms with Gasteiger partial charge in [0, 0.05) is 11.7 Å². The van der Waals surface area contributed by atoms with E-state index in [-0.39, 0.29) is 24.2 Å². The molecule has 6 heteroatoms. The van der Waals surface area contributed by atoms with E-state index in [1.165, 1.54) is 23.3 Å². The topological polar surface area (TPSA) is 41.6 Å². The number of hydrogen-bond donors (Lipinski definition) is 1. The Morgan fingerprint density at radius 3 is 2.69 bits per heavy atom. The van der Waals surface area contributed by atoms with Crippen LogP contribution in [0.3, 0.4) is 0 Å². The third-order valence-corrected chi connectivity index (χ3v) is 4.63. The average molecular weight is 360 g/mol. The first-order valence-electron chi connectivity index (χ1n) is 8.65. The largest absolute Gasteiger partial charge is 0.435 e. The quantitative estimate of drug-likeness (QED) is 0.838. The summed E-state index contributed by atoms with van der Waals surface area (Å²) in [6.45, 7) is -2.60. The summed E-state index contributed by atoms with van der Waals surface area (Å²) in [5.41, 5.74) is 3.20. The van der Waals surface area contributed by atoms with E-state index in [4.69, 9.17) is 0 Å². The number of carbonyl (C=O) groups is 1. The number of anilines is 1. The highest BCUT2D eigenvalue weighted by Crippen LogP contribution is 2.33. The van der Waals surface area contributed by atoms with Crippen molar-refractivity contribution in [3.63, 3.8) is 0 Å². The first-order valence-corrected chi connectivity index (χ1v) is 8.65. The minimum absolute atomic E-state index is 0.0638. The van der Waals surface area contributed by atoms with Crippen LogP contribution in [0.5, 0.6) is 5.75 Å². The molecule has 26 heavy (non-hydrogen) atoms. The molecule has 0 heterocycles. The van der Waals surface area contributed by atoms with Crippen molar-refractivity contribution in [2.24, 2.45) is 0 Å². The highest BCUT2D eigenvalue weighted by Gasteiger charge is 2.24. The fraction of sp³-hybridized carbons (Fsp3) is 0.350. The molecule has 1 N–H and O–H groups in total. The van der Waals surface area contributed by atoms with Gasteiger partial charge in [-0.1, -0.05) is 24.3 Å². The number of hydrogen-bond acceptors (Lipinski definition) is 3. The van der Waals surface area contributed by atoms with Crippen molar-refractivity contribution in [1.82, 2.24) is 4.90 Å². The molecule has 0 spiro atoms. The number of ether oxygens (including phenoxy) is 1. The average Bonchev–Trinajstić information content (AvgIpc) is 2.62. The van der Waals surface area contributed by atoms with Crippen molar-refractivity contribution >= 4 is 11.6 Å². The second-order valence-corrected chi connectivity index (χ2v) is 6.47. The van der Waals surface area contributed by atoms with Crippen molar-refractivity contribution in [3.05, 3.63) is 59.7 Å². The number of alkyl halides is 2. The molecule has 0 saturated heterocycles. The molecule has 1 aliphatic carbocycles. The van der Waals surface area contributed by atoms with Crippen LogP contribution in [0.15, 0.2) is 48.5 Å². The van der Waals surface area contributed by atoms with Crippen molar-refractivity contribution in [1.29, 1.82) is 0 Å². The van der Waals surface area contributed by atoms with Gasteiger partial charge >= 0.3 is 6.61 Å². The number of amides is 1. The summed E-state index contributed by atoms with van der Waals surface area (Å²) in [4.78, 5) is 14.4. The summed E-state index contributed by atoms with van der Waals surface area (Å²) in [5, 5.41) is 2.79. The second-order valence-electron chi connectivity index (χ2n) is 6.47. The molecule has 0 radical (unpaired) electrons. The molecule has 0 unspecified atom stereocenters. The van der Waals surface area contributed by atoms with Crippen LogP contribution < -0.4 is 10.1 Å². The molecule has 1 atom stereocenters. The van der Waals surface area contributed by atoms with Crippen molar-refractivity contribution in [2.45, 2.75) is 31.9 Å².